The SMILES string of the molecule is C.C.CC(C)(C)CF.CCC(c1ccccc1)C(F)(F)C(C)(F)C(F)(F)F.CCCF. The molecule has 2 atom stereocenters. The molecule has 0 aromatic heterocycles. The summed E-state index contributed by atoms with van der Waals surface area (Å²) in [4.78, 5) is 0. The number of halogens is 8. The maximum atomic E-state index is 14.0. The maximum absolute atomic E-state index is 14.0. The minimum absolute atomic E-state index is 0. The predicted molar refractivity (Wildman–Crippen MR) is 115 cm³/mol. The second-order valence-corrected chi connectivity index (χ2v) is 7.88. The molecule has 0 radical (unpaired) electrons. The Kier molecular flexibility index (Phi) is 18.5. The molecule has 0 aliphatic heterocycles. The van der Waals surface area contributed by atoms with Crippen molar-refractivity contribution in [3.63, 3.8) is 0 Å². The summed E-state index contributed by atoms with van der Waals surface area (Å²) in [6.07, 6.45) is -5.27. The zero-order valence-corrected chi connectivity index (χ0v) is 17.8. The Morgan fingerprint density at radius 3 is 1.35 bits per heavy atom. The van der Waals surface area contributed by atoms with Crippen molar-refractivity contribution in [3.8, 4) is 0 Å². The van der Waals surface area contributed by atoms with Crippen molar-refractivity contribution < 1.29 is 35.1 Å². The van der Waals surface area contributed by atoms with E-state index in [1.807, 2.05) is 20.8 Å². The molecule has 0 aliphatic carbocycles. The van der Waals surface area contributed by atoms with Gasteiger partial charge in [-0.25, -0.2) is 13.2 Å². The molecular weight excluding hydrogens is 428 g/mol. The van der Waals surface area contributed by atoms with Gasteiger partial charge in [0.2, 0.25) is 0 Å². The van der Waals surface area contributed by atoms with E-state index >= 15 is 0 Å². The first-order valence-electron chi connectivity index (χ1n) is 9.33. The number of rotatable bonds is 5. The van der Waals surface area contributed by atoms with Crippen LogP contribution in [-0.2, 0) is 0 Å². The van der Waals surface area contributed by atoms with Gasteiger partial charge in [-0.3, -0.25) is 8.78 Å². The van der Waals surface area contributed by atoms with Crippen molar-refractivity contribution in [2.45, 2.75) is 92.9 Å². The molecule has 0 aliphatic rings. The average Bonchev–Trinajstić information content (AvgIpc) is 2.62. The van der Waals surface area contributed by atoms with Crippen LogP contribution in [-0.4, -0.2) is 31.1 Å². The zero-order chi connectivity index (χ0) is 23.5. The topological polar surface area (TPSA) is 0 Å². The van der Waals surface area contributed by atoms with E-state index < -0.39 is 23.7 Å². The minimum atomic E-state index is -5.63. The number of alkyl halides is 8. The smallest absolute Gasteiger partial charge is 0.251 e. The van der Waals surface area contributed by atoms with Gasteiger partial charge in [0.15, 0.2) is 0 Å². The highest BCUT2D eigenvalue weighted by Gasteiger charge is 2.70. The van der Waals surface area contributed by atoms with Gasteiger partial charge in [0, 0.05) is 0 Å². The highest BCUT2D eigenvalue weighted by molar-refractivity contribution is 5.24. The number of benzene rings is 1. The lowest BCUT2D eigenvalue weighted by molar-refractivity contribution is -0.301. The van der Waals surface area contributed by atoms with E-state index in [1.54, 1.807) is 13.0 Å². The molecule has 0 spiro atoms. The normalized spacial score (nSPS) is 14.3. The Bertz CT molecular complexity index is 529. The molecule has 0 bridgehead atoms. The highest BCUT2D eigenvalue weighted by atomic mass is 19.4. The summed E-state index contributed by atoms with van der Waals surface area (Å²) in [5.41, 5.74) is -4.71. The molecular formula is C23H40F8. The summed E-state index contributed by atoms with van der Waals surface area (Å²) < 4.78 is 101. The molecule has 0 heterocycles. The van der Waals surface area contributed by atoms with Crippen LogP contribution in [0.3, 0.4) is 0 Å². The van der Waals surface area contributed by atoms with Gasteiger partial charge in [0.1, 0.15) is 0 Å². The first kappa shape index (κ1) is 37.0. The standard InChI is InChI=1S/C13H14F6.C5H11F.C3H7F.2CH4/c1-3-10(9-7-5-4-6-8-9)12(15,16)11(2,14)13(17,18)19;1-5(2,3)4-6;1-2-3-4;;/h4-8,10H,3H2,1-2H3;4H2,1-3H3;2-3H2,1H3;2*1H4. The van der Waals surface area contributed by atoms with Crippen LogP contribution in [0.25, 0.3) is 0 Å². The van der Waals surface area contributed by atoms with E-state index in [0.717, 1.165) is 0 Å². The highest BCUT2D eigenvalue weighted by Crippen LogP contribution is 2.52. The second-order valence-electron chi connectivity index (χ2n) is 7.88. The van der Waals surface area contributed by atoms with Crippen molar-refractivity contribution in [1.82, 2.24) is 0 Å². The monoisotopic (exact) mass is 468 g/mol. The summed E-state index contributed by atoms with van der Waals surface area (Å²) in [5.74, 6) is -6.37. The number of hydrogen-bond donors (Lipinski definition) is 0. The van der Waals surface area contributed by atoms with Crippen LogP contribution in [0.2, 0.25) is 0 Å². The van der Waals surface area contributed by atoms with Crippen molar-refractivity contribution >= 4 is 0 Å². The Balaban J connectivity index is -0.000000256. The molecule has 0 amide bonds. The summed E-state index contributed by atoms with van der Waals surface area (Å²) in [6.45, 7) is 8.19. The fourth-order valence-electron chi connectivity index (χ4n) is 1.90. The largest absolute Gasteiger partial charge is 0.428 e. The van der Waals surface area contributed by atoms with Crippen molar-refractivity contribution in [1.29, 1.82) is 0 Å². The first-order valence-corrected chi connectivity index (χ1v) is 9.33. The van der Waals surface area contributed by atoms with Gasteiger partial charge in [-0.15, -0.1) is 0 Å². The summed E-state index contributed by atoms with van der Waals surface area (Å²) in [7, 11) is 0. The first-order chi connectivity index (χ1) is 13.0. The lowest BCUT2D eigenvalue weighted by atomic mass is 9.81. The Hall–Kier alpha value is -1.34. The zero-order valence-electron chi connectivity index (χ0n) is 17.8. The predicted octanol–water partition coefficient (Wildman–Crippen LogP) is 9.75. The molecule has 1 aromatic rings. The lowest BCUT2D eigenvalue weighted by Gasteiger charge is -2.37. The van der Waals surface area contributed by atoms with E-state index in [-0.39, 0.29) is 52.5 Å². The molecule has 1 rings (SSSR count). The van der Waals surface area contributed by atoms with Crippen molar-refractivity contribution in [2.24, 2.45) is 5.41 Å². The molecule has 0 nitrogen and oxygen atoms in total. The van der Waals surface area contributed by atoms with Crippen LogP contribution in [0.15, 0.2) is 30.3 Å². The van der Waals surface area contributed by atoms with Crippen molar-refractivity contribution in [2.75, 3.05) is 13.3 Å². The fourth-order valence-corrected chi connectivity index (χ4v) is 1.90. The molecule has 0 saturated carbocycles. The van der Waals surface area contributed by atoms with Crippen LogP contribution in [0.4, 0.5) is 35.1 Å². The Labute approximate surface area is 183 Å². The van der Waals surface area contributed by atoms with Gasteiger partial charge in [0.05, 0.1) is 19.3 Å². The van der Waals surface area contributed by atoms with Crippen LogP contribution in [0, 0.1) is 5.41 Å². The summed E-state index contributed by atoms with van der Waals surface area (Å²) >= 11 is 0. The molecule has 8 heteroatoms. The van der Waals surface area contributed by atoms with Gasteiger partial charge in [-0.2, -0.15) is 13.2 Å². The third kappa shape index (κ3) is 12.3. The molecule has 0 saturated heterocycles. The van der Waals surface area contributed by atoms with Gasteiger partial charge in [-0.05, 0) is 30.7 Å². The lowest BCUT2D eigenvalue weighted by Crippen LogP contribution is -2.55. The van der Waals surface area contributed by atoms with E-state index in [2.05, 4.69) is 0 Å². The molecule has 1 aromatic carbocycles. The molecule has 2 unspecified atom stereocenters. The van der Waals surface area contributed by atoms with Crippen LogP contribution < -0.4 is 0 Å². The molecule has 0 N–H and O–H groups in total. The quantitative estimate of drug-likeness (QED) is 0.377. The van der Waals surface area contributed by atoms with E-state index in [9.17, 15) is 35.1 Å². The van der Waals surface area contributed by atoms with Crippen molar-refractivity contribution in [3.05, 3.63) is 35.9 Å². The maximum Gasteiger partial charge on any atom is 0.428 e. The Morgan fingerprint density at radius 1 is 0.774 bits per heavy atom. The Morgan fingerprint density at radius 2 is 1.13 bits per heavy atom. The van der Waals surface area contributed by atoms with E-state index in [4.69, 9.17) is 0 Å². The number of hydrogen-bond acceptors (Lipinski definition) is 0. The molecule has 188 valence electrons. The minimum Gasteiger partial charge on any atom is -0.251 e. The van der Waals surface area contributed by atoms with Gasteiger partial charge in [0.25, 0.3) is 11.6 Å². The van der Waals surface area contributed by atoms with Crippen LogP contribution in [0.1, 0.15) is 80.7 Å². The van der Waals surface area contributed by atoms with Crippen LogP contribution >= 0.6 is 0 Å². The molecule has 0 fully saturated rings. The third-order valence-corrected chi connectivity index (χ3v) is 3.80. The van der Waals surface area contributed by atoms with E-state index in [1.165, 1.54) is 31.2 Å². The fraction of sp³-hybridized carbons (Fsp3) is 0.739. The van der Waals surface area contributed by atoms with Gasteiger partial charge in [-0.1, -0.05) is 79.8 Å². The second kappa shape index (κ2) is 15.5. The molecule has 31 heavy (non-hydrogen) atoms. The summed E-state index contributed by atoms with van der Waals surface area (Å²) in [6, 6.07) is 6.95. The average molecular weight is 469 g/mol. The van der Waals surface area contributed by atoms with E-state index in [0.29, 0.717) is 6.42 Å². The third-order valence-electron chi connectivity index (χ3n) is 3.80. The summed E-state index contributed by atoms with van der Waals surface area (Å²) in [5, 5.41) is 0. The van der Waals surface area contributed by atoms with Gasteiger partial charge >= 0.3 is 6.18 Å². The van der Waals surface area contributed by atoms with Crippen LogP contribution in [0.5, 0.6) is 0 Å². The van der Waals surface area contributed by atoms with Gasteiger partial charge < -0.3 is 0 Å².